The Labute approximate surface area is 173 Å². The minimum absolute atomic E-state index is 0.182. The van der Waals surface area contributed by atoms with E-state index < -0.39 is 0 Å². The highest BCUT2D eigenvalue weighted by Gasteiger charge is 2.24. The first-order valence-corrected chi connectivity index (χ1v) is 11.0. The third-order valence-corrected chi connectivity index (χ3v) is 6.78. The number of hydrogen-bond donors (Lipinski definition) is 0. The van der Waals surface area contributed by atoms with Gasteiger partial charge in [-0.3, -0.25) is 4.79 Å². The van der Waals surface area contributed by atoms with Crippen LogP contribution in [-0.2, 0) is 11.2 Å². The molecule has 1 aliphatic rings. The Hall–Kier alpha value is -2.38. The van der Waals surface area contributed by atoms with E-state index in [1.807, 2.05) is 41.5 Å². The van der Waals surface area contributed by atoms with E-state index in [9.17, 15) is 4.79 Å². The van der Waals surface area contributed by atoms with Crippen molar-refractivity contribution in [3.05, 3.63) is 51.7 Å². The van der Waals surface area contributed by atoms with Gasteiger partial charge in [-0.1, -0.05) is 18.2 Å². The molecule has 28 heavy (non-hydrogen) atoms. The number of rotatable bonds is 5. The van der Waals surface area contributed by atoms with Gasteiger partial charge in [0.1, 0.15) is 5.75 Å². The van der Waals surface area contributed by atoms with Gasteiger partial charge in [0.05, 0.1) is 34.8 Å². The van der Waals surface area contributed by atoms with Gasteiger partial charge in [-0.05, 0) is 30.5 Å². The Balaban J connectivity index is 1.41. The number of aromatic nitrogens is 1. The highest BCUT2D eigenvalue weighted by Crippen LogP contribution is 2.32. The number of hydrogen-bond acceptors (Lipinski definition) is 6. The smallest absolute Gasteiger partial charge is 0.228 e. The second kappa shape index (κ2) is 8.32. The molecule has 0 unspecified atom stereocenters. The highest BCUT2D eigenvalue weighted by molar-refractivity contribution is 7.15. The molecule has 146 valence electrons. The highest BCUT2D eigenvalue weighted by atomic mass is 32.1. The fraction of sp³-hybridized carbons (Fsp3) is 0.333. The van der Waals surface area contributed by atoms with Crippen LogP contribution in [0.1, 0.15) is 9.88 Å². The molecular formula is C21H23N3O2S2. The SMILES string of the molecule is COc1ccccc1N1CCN(C(=O)Cc2sc(C)nc2-c2cccs2)CC1. The number of methoxy groups -OCH3 is 1. The molecule has 0 saturated carbocycles. The lowest BCUT2D eigenvalue weighted by molar-refractivity contribution is -0.130. The van der Waals surface area contributed by atoms with E-state index in [0.717, 1.165) is 58.1 Å². The number of piperazine rings is 1. The summed E-state index contributed by atoms with van der Waals surface area (Å²) in [5.41, 5.74) is 2.06. The molecule has 1 aliphatic heterocycles. The van der Waals surface area contributed by atoms with Gasteiger partial charge in [0, 0.05) is 31.1 Å². The van der Waals surface area contributed by atoms with E-state index in [4.69, 9.17) is 4.74 Å². The molecule has 1 fully saturated rings. The topological polar surface area (TPSA) is 45.7 Å². The number of carbonyl (C=O) groups excluding carboxylic acids is 1. The van der Waals surface area contributed by atoms with E-state index in [-0.39, 0.29) is 5.91 Å². The van der Waals surface area contributed by atoms with Crippen molar-refractivity contribution >= 4 is 34.3 Å². The maximum Gasteiger partial charge on any atom is 0.228 e. The van der Waals surface area contributed by atoms with Gasteiger partial charge in [-0.25, -0.2) is 4.98 Å². The van der Waals surface area contributed by atoms with Crippen LogP contribution in [0.4, 0.5) is 5.69 Å². The van der Waals surface area contributed by atoms with Gasteiger partial charge in [-0.15, -0.1) is 22.7 Å². The summed E-state index contributed by atoms with van der Waals surface area (Å²) in [4.78, 5) is 24.0. The zero-order valence-electron chi connectivity index (χ0n) is 16.1. The fourth-order valence-electron chi connectivity index (χ4n) is 3.53. The zero-order chi connectivity index (χ0) is 19.5. The predicted octanol–water partition coefficient (Wildman–Crippen LogP) is 4.08. The van der Waals surface area contributed by atoms with Crippen LogP contribution in [-0.4, -0.2) is 49.1 Å². The number of amides is 1. The van der Waals surface area contributed by atoms with E-state index >= 15 is 0 Å². The van der Waals surface area contributed by atoms with Crippen molar-refractivity contribution in [3.8, 4) is 16.3 Å². The van der Waals surface area contributed by atoms with Crippen LogP contribution < -0.4 is 9.64 Å². The van der Waals surface area contributed by atoms with E-state index in [2.05, 4.69) is 22.0 Å². The third-order valence-electron chi connectivity index (χ3n) is 4.93. The number of thiazole rings is 1. The molecule has 4 rings (SSSR count). The van der Waals surface area contributed by atoms with Gasteiger partial charge in [0.15, 0.2) is 0 Å². The first kappa shape index (κ1) is 19.0. The maximum atomic E-state index is 12.9. The average molecular weight is 414 g/mol. The molecule has 0 atom stereocenters. The van der Waals surface area contributed by atoms with Gasteiger partial charge in [0.2, 0.25) is 5.91 Å². The fourth-order valence-corrected chi connectivity index (χ4v) is 5.28. The number of para-hydroxylation sites is 2. The number of aryl methyl sites for hydroxylation is 1. The summed E-state index contributed by atoms with van der Waals surface area (Å²) in [6.07, 6.45) is 0.424. The molecule has 2 aromatic heterocycles. The number of carbonyl (C=O) groups is 1. The minimum Gasteiger partial charge on any atom is -0.495 e. The van der Waals surface area contributed by atoms with Gasteiger partial charge in [-0.2, -0.15) is 0 Å². The zero-order valence-corrected chi connectivity index (χ0v) is 17.7. The summed E-state index contributed by atoms with van der Waals surface area (Å²) >= 11 is 3.30. The first-order chi connectivity index (χ1) is 13.7. The van der Waals surface area contributed by atoms with Crippen molar-refractivity contribution in [2.24, 2.45) is 0 Å². The van der Waals surface area contributed by atoms with Crippen molar-refractivity contribution in [3.63, 3.8) is 0 Å². The van der Waals surface area contributed by atoms with E-state index in [1.54, 1.807) is 29.8 Å². The molecule has 5 nitrogen and oxygen atoms in total. The van der Waals surface area contributed by atoms with Crippen molar-refractivity contribution in [2.75, 3.05) is 38.2 Å². The van der Waals surface area contributed by atoms with Crippen LogP contribution in [0.5, 0.6) is 5.75 Å². The molecule has 7 heteroatoms. The molecule has 0 N–H and O–H groups in total. The molecule has 1 aromatic carbocycles. The number of ether oxygens (including phenoxy) is 1. The van der Waals surface area contributed by atoms with Gasteiger partial charge in [0.25, 0.3) is 0 Å². The summed E-state index contributed by atoms with van der Waals surface area (Å²) in [6, 6.07) is 12.1. The predicted molar refractivity (Wildman–Crippen MR) is 116 cm³/mol. The van der Waals surface area contributed by atoms with E-state index in [1.165, 1.54) is 0 Å². The number of anilines is 1. The molecule has 1 saturated heterocycles. The molecule has 1 amide bonds. The minimum atomic E-state index is 0.182. The van der Waals surface area contributed by atoms with Crippen LogP contribution in [0.3, 0.4) is 0 Å². The number of thiophene rings is 1. The molecule has 0 bridgehead atoms. The Morgan fingerprint density at radius 1 is 1.14 bits per heavy atom. The lowest BCUT2D eigenvalue weighted by atomic mass is 10.2. The normalized spacial score (nSPS) is 14.4. The van der Waals surface area contributed by atoms with Gasteiger partial charge < -0.3 is 14.5 Å². The Kier molecular flexibility index (Phi) is 5.64. The van der Waals surface area contributed by atoms with Crippen LogP contribution in [0.15, 0.2) is 41.8 Å². The largest absolute Gasteiger partial charge is 0.495 e. The van der Waals surface area contributed by atoms with Crippen LogP contribution in [0.2, 0.25) is 0 Å². The second-order valence-electron chi connectivity index (χ2n) is 6.70. The van der Waals surface area contributed by atoms with Crippen LogP contribution in [0.25, 0.3) is 10.6 Å². The lowest BCUT2D eigenvalue weighted by Crippen LogP contribution is -2.49. The lowest BCUT2D eigenvalue weighted by Gasteiger charge is -2.36. The monoisotopic (exact) mass is 413 g/mol. The first-order valence-electron chi connectivity index (χ1n) is 9.31. The summed E-state index contributed by atoms with van der Waals surface area (Å²) in [7, 11) is 1.70. The quantitative estimate of drug-likeness (QED) is 0.632. The average Bonchev–Trinajstić information content (AvgIpc) is 3.37. The van der Waals surface area contributed by atoms with Crippen molar-refractivity contribution in [2.45, 2.75) is 13.3 Å². The Bertz CT molecular complexity index is 944. The summed E-state index contributed by atoms with van der Waals surface area (Å²) in [5, 5.41) is 3.05. The molecule has 0 spiro atoms. The molecule has 3 heterocycles. The van der Waals surface area contributed by atoms with Crippen molar-refractivity contribution < 1.29 is 9.53 Å². The molecule has 0 radical (unpaired) electrons. The Morgan fingerprint density at radius 2 is 1.93 bits per heavy atom. The van der Waals surface area contributed by atoms with Crippen molar-refractivity contribution in [1.82, 2.24) is 9.88 Å². The Morgan fingerprint density at radius 3 is 2.64 bits per heavy atom. The van der Waals surface area contributed by atoms with E-state index in [0.29, 0.717) is 6.42 Å². The second-order valence-corrected chi connectivity index (χ2v) is 8.93. The maximum absolute atomic E-state index is 12.9. The van der Waals surface area contributed by atoms with Crippen LogP contribution >= 0.6 is 22.7 Å². The summed E-state index contributed by atoms with van der Waals surface area (Å²) in [6.45, 7) is 5.07. The summed E-state index contributed by atoms with van der Waals surface area (Å²) < 4.78 is 5.48. The van der Waals surface area contributed by atoms with Crippen molar-refractivity contribution in [1.29, 1.82) is 0 Å². The summed E-state index contributed by atoms with van der Waals surface area (Å²) in [5.74, 6) is 1.06. The number of benzene rings is 1. The van der Waals surface area contributed by atoms with Crippen LogP contribution in [0, 0.1) is 6.92 Å². The standard InChI is InChI=1S/C21H23N3O2S2/c1-15-22-21(18-8-5-13-27-18)19(28-15)14-20(25)24-11-9-23(10-12-24)16-6-3-4-7-17(16)26-2/h3-8,13H,9-12,14H2,1-2H3. The molecule has 3 aromatic rings. The third kappa shape index (κ3) is 3.91. The van der Waals surface area contributed by atoms with Gasteiger partial charge >= 0.3 is 0 Å². The number of nitrogens with zero attached hydrogens (tertiary/aromatic N) is 3. The molecular weight excluding hydrogens is 390 g/mol. The molecule has 0 aliphatic carbocycles.